The molecule has 0 aliphatic carbocycles. The van der Waals surface area contributed by atoms with E-state index in [-0.39, 0.29) is 30.3 Å². The molecule has 0 spiro atoms. The molecule has 0 aromatic heterocycles. The standard InChI is InChI=1S/C19H19FN2O2/c1-12(2)22-18(23)11-21(19(22)24)15-6-4-5-14(10-15)16-8-7-13(3)9-17(16)20/h4-10,12H,11H2,1-3H3. The molecular formula is C19H19FN2O2. The Balaban J connectivity index is 1.97. The number of anilines is 1. The summed E-state index contributed by atoms with van der Waals surface area (Å²) >= 11 is 0. The Morgan fingerprint density at radius 2 is 1.83 bits per heavy atom. The summed E-state index contributed by atoms with van der Waals surface area (Å²) in [7, 11) is 0. The molecule has 1 aliphatic heterocycles. The normalized spacial score (nSPS) is 14.9. The van der Waals surface area contributed by atoms with Crippen molar-refractivity contribution in [2.75, 3.05) is 11.4 Å². The molecule has 124 valence electrons. The monoisotopic (exact) mass is 326 g/mol. The van der Waals surface area contributed by atoms with Gasteiger partial charge >= 0.3 is 6.03 Å². The molecule has 3 amide bonds. The van der Waals surface area contributed by atoms with Gasteiger partial charge in [-0.3, -0.25) is 14.6 Å². The molecule has 3 rings (SSSR count). The first-order valence-electron chi connectivity index (χ1n) is 7.88. The number of hydrogen-bond donors (Lipinski definition) is 0. The summed E-state index contributed by atoms with van der Waals surface area (Å²) in [5.41, 5.74) is 2.59. The van der Waals surface area contributed by atoms with Crippen LogP contribution in [0.5, 0.6) is 0 Å². The van der Waals surface area contributed by atoms with E-state index in [2.05, 4.69) is 0 Å². The first-order valence-corrected chi connectivity index (χ1v) is 7.88. The Hall–Kier alpha value is -2.69. The van der Waals surface area contributed by atoms with Gasteiger partial charge in [-0.1, -0.05) is 24.3 Å². The molecule has 5 heteroatoms. The number of nitrogens with zero attached hydrogens (tertiary/aromatic N) is 2. The van der Waals surface area contributed by atoms with Crippen LogP contribution in [0.25, 0.3) is 11.1 Å². The van der Waals surface area contributed by atoms with Crippen LogP contribution in [0, 0.1) is 12.7 Å². The molecule has 2 aromatic rings. The van der Waals surface area contributed by atoms with E-state index in [9.17, 15) is 14.0 Å². The fraction of sp³-hybridized carbons (Fsp3) is 0.263. The van der Waals surface area contributed by atoms with Crippen molar-refractivity contribution >= 4 is 17.6 Å². The van der Waals surface area contributed by atoms with Crippen molar-refractivity contribution in [1.29, 1.82) is 0 Å². The minimum Gasteiger partial charge on any atom is -0.285 e. The highest BCUT2D eigenvalue weighted by Gasteiger charge is 2.38. The van der Waals surface area contributed by atoms with Gasteiger partial charge in [-0.05, 0) is 50.1 Å². The Morgan fingerprint density at radius 1 is 1.08 bits per heavy atom. The zero-order valence-electron chi connectivity index (χ0n) is 13.9. The second-order valence-corrected chi connectivity index (χ2v) is 6.26. The summed E-state index contributed by atoms with van der Waals surface area (Å²) in [5, 5.41) is 0. The molecule has 4 nitrogen and oxygen atoms in total. The molecule has 1 saturated heterocycles. The van der Waals surface area contributed by atoms with Crippen molar-refractivity contribution in [3.05, 3.63) is 53.8 Å². The summed E-state index contributed by atoms with van der Waals surface area (Å²) < 4.78 is 14.2. The second-order valence-electron chi connectivity index (χ2n) is 6.26. The molecule has 1 heterocycles. The molecule has 0 N–H and O–H groups in total. The Morgan fingerprint density at radius 3 is 2.46 bits per heavy atom. The van der Waals surface area contributed by atoms with Crippen LogP contribution in [0.1, 0.15) is 19.4 Å². The van der Waals surface area contributed by atoms with Gasteiger partial charge in [0.2, 0.25) is 0 Å². The Labute approximate surface area is 140 Å². The van der Waals surface area contributed by atoms with Gasteiger partial charge in [0.15, 0.2) is 0 Å². The van der Waals surface area contributed by atoms with Crippen LogP contribution in [0.15, 0.2) is 42.5 Å². The first kappa shape index (κ1) is 16.2. The van der Waals surface area contributed by atoms with E-state index in [0.717, 1.165) is 5.56 Å². The number of benzene rings is 2. The molecular weight excluding hydrogens is 307 g/mol. The summed E-state index contributed by atoms with van der Waals surface area (Å²) in [4.78, 5) is 27.2. The molecule has 0 radical (unpaired) electrons. The lowest BCUT2D eigenvalue weighted by atomic mass is 10.0. The molecule has 1 fully saturated rings. The predicted octanol–water partition coefficient (Wildman–Crippen LogP) is 3.98. The molecule has 24 heavy (non-hydrogen) atoms. The third kappa shape index (κ3) is 2.77. The fourth-order valence-electron chi connectivity index (χ4n) is 2.92. The predicted molar refractivity (Wildman–Crippen MR) is 91.3 cm³/mol. The summed E-state index contributed by atoms with van der Waals surface area (Å²) in [5.74, 6) is -0.526. The van der Waals surface area contributed by atoms with Crippen LogP contribution < -0.4 is 4.90 Å². The minimum absolute atomic E-state index is 0.0108. The molecule has 2 aromatic carbocycles. The van der Waals surface area contributed by atoms with E-state index < -0.39 is 0 Å². The number of carbonyl (C=O) groups excluding carboxylic acids is 2. The van der Waals surface area contributed by atoms with Crippen LogP contribution >= 0.6 is 0 Å². The highest BCUT2D eigenvalue weighted by Crippen LogP contribution is 2.29. The minimum atomic E-state index is -0.337. The lowest BCUT2D eigenvalue weighted by molar-refractivity contribution is -0.125. The van der Waals surface area contributed by atoms with Crippen LogP contribution in [0.4, 0.5) is 14.9 Å². The number of rotatable bonds is 3. The average Bonchev–Trinajstić information content (AvgIpc) is 2.82. The average molecular weight is 326 g/mol. The van der Waals surface area contributed by atoms with E-state index in [1.54, 1.807) is 44.2 Å². The van der Waals surface area contributed by atoms with Crippen molar-refractivity contribution < 1.29 is 14.0 Å². The highest BCUT2D eigenvalue weighted by molar-refractivity contribution is 6.12. The maximum atomic E-state index is 14.2. The second kappa shape index (κ2) is 6.07. The van der Waals surface area contributed by atoms with Crippen molar-refractivity contribution in [1.82, 2.24) is 4.90 Å². The summed E-state index contributed by atoms with van der Waals surface area (Å²) in [6.45, 7) is 5.45. The van der Waals surface area contributed by atoms with E-state index >= 15 is 0 Å². The number of amides is 3. The van der Waals surface area contributed by atoms with Gasteiger partial charge in [0.1, 0.15) is 12.4 Å². The van der Waals surface area contributed by atoms with Crippen molar-refractivity contribution in [3.63, 3.8) is 0 Å². The van der Waals surface area contributed by atoms with Crippen molar-refractivity contribution in [2.24, 2.45) is 0 Å². The van der Waals surface area contributed by atoms with Gasteiger partial charge in [0.25, 0.3) is 5.91 Å². The summed E-state index contributed by atoms with van der Waals surface area (Å²) in [6, 6.07) is 11.6. The largest absolute Gasteiger partial charge is 0.331 e. The third-order valence-electron chi connectivity index (χ3n) is 4.11. The zero-order valence-corrected chi connectivity index (χ0v) is 13.9. The Bertz CT molecular complexity index is 817. The molecule has 0 bridgehead atoms. The molecule has 0 unspecified atom stereocenters. The summed E-state index contributed by atoms with van der Waals surface area (Å²) in [6.07, 6.45) is 0. The van der Waals surface area contributed by atoms with Gasteiger partial charge in [-0.2, -0.15) is 0 Å². The highest BCUT2D eigenvalue weighted by atomic mass is 19.1. The van der Waals surface area contributed by atoms with Crippen LogP contribution in [0.3, 0.4) is 0 Å². The van der Waals surface area contributed by atoms with Gasteiger partial charge in [-0.25, -0.2) is 9.18 Å². The van der Waals surface area contributed by atoms with Gasteiger partial charge in [0, 0.05) is 17.3 Å². The Kier molecular flexibility index (Phi) is 4.09. The lowest BCUT2D eigenvalue weighted by Gasteiger charge is -2.20. The number of carbonyl (C=O) groups is 2. The number of imide groups is 1. The van der Waals surface area contributed by atoms with Gasteiger partial charge in [-0.15, -0.1) is 0 Å². The van der Waals surface area contributed by atoms with Crippen LogP contribution in [0.2, 0.25) is 0 Å². The molecule has 0 atom stereocenters. The van der Waals surface area contributed by atoms with Crippen molar-refractivity contribution in [2.45, 2.75) is 26.8 Å². The molecule has 0 saturated carbocycles. The van der Waals surface area contributed by atoms with Crippen LogP contribution in [-0.4, -0.2) is 29.4 Å². The number of hydrogen-bond acceptors (Lipinski definition) is 2. The molecule has 1 aliphatic rings. The SMILES string of the molecule is Cc1ccc(-c2cccc(N3CC(=O)N(C(C)C)C3=O)c2)c(F)c1. The number of urea groups is 1. The third-order valence-corrected chi connectivity index (χ3v) is 4.11. The van der Waals surface area contributed by atoms with E-state index in [1.807, 2.05) is 13.0 Å². The number of aryl methyl sites for hydroxylation is 1. The van der Waals surface area contributed by atoms with Gasteiger partial charge in [0.05, 0.1) is 0 Å². The van der Waals surface area contributed by atoms with E-state index in [0.29, 0.717) is 16.8 Å². The smallest absolute Gasteiger partial charge is 0.285 e. The van der Waals surface area contributed by atoms with Gasteiger partial charge < -0.3 is 0 Å². The zero-order chi connectivity index (χ0) is 17.4. The quantitative estimate of drug-likeness (QED) is 0.801. The van der Waals surface area contributed by atoms with E-state index in [4.69, 9.17) is 0 Å². The maximum Gasteiger partial charge on any atom is 0.331 e. The lowest BCUT2D eigenvalue weighted by Crippen LogP contribution is -2.38. The topological polar surface area (TPSA) is 40.6 Å². The number of halogens is 1. The fourth-order valence-corrected chi connectivity index (χ4v) is 2.92. The van der Waals surface area contributed by atoms with Crippen LogP contribution in [-0.2, 0) is 4.79 Å². The van der Waals surface area contributed by atoms with E-state index in [1.165, 1.54) is 15.9 Å². The maximum absolute atomic E-state index is 14.2. The van der Waals surface area contributed by atoms with Crippen molar-refractivity contribution in [3.8, 4) is 11.1 Å². The first-order chi connectivity index (χ1) is 11.4.